The molecule has 1 N–H and O–H groups in total. The summed E-state index contributed by atoms with van der Waals surface area (Å²) in [6.45, 7) is 8.04. The highest BCUT2D eigenvalue weighted by molar-refractivity contribution is 7.08. The zero-order valence-corrected chi connectivity index (χ0v) is 12.6. The van der Waals surface area contributed by atoms with Crippen LogP contribution in [0, 0.1) is 6.92 Å². The maximum Gasteiger partial charge on any atom is 0.120 e. The Kier molecular flexibility index (Phi) is 5.00. The van der Waals surface area contributed by atoms with Crippen molar-refractivity contribution in [3.8, 4) is 5.75 Å². The molecule has 0 bridgehead atoms. The molecule has 0 spiro atoms. The summed E-state index contributed by atoms with van der Waals surface area (Å²) in [5.41, 5.74) is 4.01. The molecular weight excluding hydrogens is 254 g/mol. The topological polar surface area (TPSA) is 21.3 Å². The minimum Gasteiger partial charge on any atom is -0.491 e. The maximum atomic E-state index is 5.70. The first-order valence-electron chi connectivity index (χ1n) is 6.63. The highest BCUT2D eigenvalue weighted by Gasteiger charge is 2.01. The van der Waals surface area contributed by atoms with Crippen molar-refractivity contribution in [2.45, 2.75) is 40.0 Å². The fraction of sp³-hybridized carbons (Fsp3) is 0.375. The number of ether oxygens (including phenoxy) is 1. The predicted octanol–water partition coefficient (Wildman–Crippen LogP) is 4.13. The second-order valence-electron chi connectivity index (χ2n) is 5.00. The van der Waals surface area contributed by atoms with E-state index in [-0.39, 0.29) is 6.10 Å². The van der Waals surface area contributed by atoms with Crippen molar-refractivity contribution in [2.75, 3.05) is 0 Å². The fourth-order valence-corrected chi connectivity index (χ4v) is 2.77. The molecule has 1 aromatic heterocycles. The van der Waals surface area contributed by atoms with Gasteiger partial charge in [0.1, 0.15) is 5.75 Å². The molecule has 102 valence electrons. The zero-order chi connectivity index (χ0) is 13.7. The van der Waals surface area contributed by atoms with Crippen LogP contribution in [-0.2, 0) is 13.1 Å². The summed E-state index contributed by atoms with van der Waals surface area (Å²) < 4.78 is 5.70. The molecule has 1 aromatic carbocycles. The van der Waals surface area contributed by atoms with E-state index in [1.165, 1.54) is 16.7 Å². The third kappa shape index (κ3) is 4.37. The quantitative estimate of drug-likeness (QED) is 0.855. The van der Waals surface area contributed by atoms with E-state index in [9.17, 15) is 0 Å². The molecule has 19 heavy (non-hydrogen) atoms. The van der Waals surface area contributed by atoms with Gasteiger partial charge in [-0.2, -0.15) is 11.3 Å². The van der Waals surface area contributed by atoms with Gasteiger partial charge in [0.25, 0.3) is 0 Å². The van der Waals surface area contributed by atoms with Crippen LogP contribution in [0.1, 0.15) is 30.5 Å². The van der Waals surface area contributed by atoms with Crippen molar-refractivity contribution in [3.05, 3.63) is 51.7 Å². The van der Waals surface area contributed by atoms with Crippen molar-refractivity contribution in [2.24, 2.45) is 0 Å². The zero-order valence-electron chi connectivity index (χ0n) is 11.8. The van der Waals surface area contributed by atoms with Crippen molar-refractivity contribution in [1.82, 2.24) is 5.32 Å². The third-order valence-electron chi connectivity index (χ3n) is 2.88. The monoisotopic (exact) mass is 275 g/mol. The molecule has 0 amide bonds. The van der Waals surface area contributed by atoms with Gasteiger partial charge in [-0.1, -0.05) is 12.1 Å². The van der Waals surface area contributed by atoms with Crippen LogP contribution in [0.5, 0.6) is 5.75 Å². The predicted molar refractivity (Wildman–Crippen MR) is 81.8 cm³/mol. The Balaban J connectivity index is 1.87. The summed E-state index contributed by atoms with van der Waals surface area (Å²) in [7, 11) is 0. The van der Waals surface area contributed by atoms with Gasteiger partial charge in [-0.3, -0.25) is 0 Å². The number of hydrogen-bond acceptors (Lipinski definition) is 3. The molecule has 0 radical (unpaired) electrons. The Morgan fingerprint density at radius 2 is 2.05 bits per heavy atom. The second-order valence-corrected chi connectivity index (χ2v) is 5.74. The highest BCUT2D eigenvalue weighted by Crippen LogP contribution is 2.16. The van der Waals surface area contributed by atoms with Gasteiger partial charge in [-0.15, -0.1) is 0 Å². The van der Waals surface area contributed by atoms with Crippen molar-refractivity contribution < 1.29 is 4.74 Å². The number of hydrogen-bond donors (Lipinski definition) is 1. The van der Waals surface area contributed by atoms with E-state index in [2.05, 4.69) is 35.1 Å². The number of thiophene rings is 1. The van der Waals surface area contributed by atoms with Crippen LogP contribution in [0.4, 0.5) is 0 Å². The SMILES string of the molecule is Cc1cscc1CNCc1cccc(OC(C)C)c1. The molecule has 0 unspecified atom stereocenters. The van der Waals surface area contributed by atoms with E-state index < -0.39 is 0 Å². The summed E-state index contributed by atoms with van der Waals surface area (Å²) in [6.07, 6.45) is 0.219. The molecular formula is C16H21NOS. The van der Waals surface area contributed by atoms with E-state index in [0.29, 0.717) is 0 Å². The fourth-order valence-electron chi connectivity index (χ4n) is 1.91. The van der Waals surface area contributed by atoms with Crippen LogP contribution >= 0.6 is 11.3 Å². The van der Waals surface area contributed by atoms with E-state index in [0.717, 1.165) is 18.8 Å². The van der Waals surface area contributed by atoms with Crippen molar-refractivity contribution >= 4 is 11.3 Å². The molecule has 0 fully saturated rings. The van der Waals surface area contributed by atoms with Crippen LogP contribution in [0.2, 0.25) is 0 Å². The highest BCUT2D eigenvalue weighted by atomic mass is 32.1. The molecule has 2 nitrogen and oxygen atoms in total. The molecule has 0 aliphatic heterocycles. The Morgan fingerprint density at radius 3 is 2.74 bits per heavy atom. The smallest absolute Gasteiger partial charge is 0.120 e. The Hall–Kier alpha value is -1.32. The first kappa shape index (κ1) is 14.1. The van der Waals surface area contributed by atoms with E-state index >= 15 is 0 Å². The van der Waals surface area contributed by atoms with Gasteiger partial charge in [0, 0.05) is 13.1 Å². The molecule has 1 heterocycles. The van der Waals surface area contributed by atoms with Gasteiger partial charge in [0.05, 0.1) is 6.10 Å². The number of aryl methyl sites for hydroxylation is 1. The average molecular weight is 275 g/mol. The molecule has 0 saturated carbocycles. The summed E-state index contributed by atoms with van der Waals surface area (Å²) in [5, 5.41) is 7.87. The van der Waals surface area contributed by atoms with Crippen LogP contribution < -0.4 is 10.1 Å². The Bertz CT molecular complexity index is 519. The van der Waals surface area contributed by atoms with Gasteiger partial charge in [-0.05, 0) is 60.4 Å². The van der Waals surface area contributed by atoms with Crippen molar-refractivity contribution in [1.29, 1.82) is 0 Å². The van der Waals surface area contributed by atoms with Gasteiger partial charge in [0.2, 0.25) is 0 Å². The van der Waals surface area contributed by atoms with Crippen LogP contribution in [0.3, 0.4) is 0 Å². The van der Waals surface area contributed by atoms with Gasteiger partial charge < -0.3 is 10.1 Å². The van der Waals surface area contributed by atoms with Gasteiger partial charge >= 0.3 is 0 Å². The second kappa shape index (κ2) is 6.73. The molecule has 2 rings (SSSR count). The first-order chi connectivity index (χ1) is 9.15. The van der Waals surface area contributed by atoms with E-state index in [4.69, 9.17) is 4.74 Å². The lowest BCUT2D eigenvalue weighted by Crippen LogP contribution is -2.13. The van der Waals surface area contributed by atoms with E-state index in [1.807, 2.05) is 26.0 Å². The molecule has 3 heteroatoms. The summed E-state index contributed by atoms with van der Waals surface area (Å²) in [6, 6.07) is 8.28. The summed E-state index contributed by atoms with van der Waals surface area (Å²) in [4.78, 5) is 0. The number of nitrogens with one attached hydrogen (secondary N) is 1. The lowest BCUT2D eigenvalue weighted by molar-refractivity contribution is 0.242. The van der Waals surface area contributed by atoms with Crippen LogP contribution in [0.25, 0.3) is 0 Å². The van der Waals surface area contributed by atoms with Crippen molar-refractivity contribution in [3.63, 3.8) is 0 Å². The maximum absolute atomic E-state index is 5.70. The summed E-state index contributed by atoms with van der Waals surface area (Å²) in [5.74, 6) is 0.945. The summed E-state index contributed by atoms with van der Waals surface area (Å²) >= 11 is 1.76. The molecule has 0 atom stereocenters. The van der Waals surface area contributed by atoms with Crippen LogP contribution in [-0.4, -0.2) is 6.10 Å². The third-order valence-corrected chi connectivity index (χ3v) is 3.79. The minimum atomic E-state index is 0.219. The lowest BCUT2D eigenvalue weighted by atomic mass is 10.2. The molecule has 0 aliphatic carbocycles. The number of benzene rings is 1. The van der Waals surface area contributed by atoms with Gasteiger partial charge in [-0.25, -0.2) is 0 Å². The standard InChI is InChI=1S/C16H21NOS/c1-12(2)18-16-6-4-5-14(7-16)8-17-9-15-11-19-10-13(15)3/h4-7,10-12,17H,8-9H2,1-3H3. The average Bonchev–Trinajstić information content (AvgIpc) is 2.75. The minimum absolute atomic E-state index is 0.219. The largest absolute Gasteiger partial charge is 0.491 e. The molecule has 0 saturated heterocycles. The van der Waals surface area contributed by atoms with Crippen LogP contribution in [0.15, 0.2) is 35.0 Å². The van der Waals surface area contributed by atoms with E-state index in [1.54, 1.807) is 11.3 Å². The molecule has 2 aromatic rings. The lowest BCUT2D eigenvalue weighted by Gasteiger charge is -2.11. The number of rotatable bonds is 6. The first-order valence-corrected chi connectivity index (χ1v) is 7.57. The Labute approximate surface area is 119 Å². The molecule has 0 aliphatic rings. The normalized spacial score (nSPS) is 10.9. The Morgan fingerprint density at radius 1 is 1.21 bits per heavy atom. The van der Waals surface area contributed by atoms with Gasteiger partial charge in [0.15, 0.2) is 0 Å².